The molecule has 0 aromatic heterocycles. The Morgan fingerprint density at radius 3 is 2.10 bits per heavy atom. The van der Waals surface area contributed by atoms with Crippen LogP contribution in [0.5, 0.6) is 0 Å². The Kier molecular flexibility index (Phi) is 7.20. The number of ether oxygens (including phenoxy) is 2. The van der Waals surface area contributed by atoms with E-state index in [1.54, 1.807) is 20.8 Å². The van der Waals surface area contributed by atoms with Gasteiger partial charge in [0.2, 0.25) is 0 Å². The molecule has 0 unspecified atom stereocenters. The summed E-state index contributed by atoms with van der Waals surface area (Å²) in [6.07, 6.45) is 2.18. The second-order valence-corrected chi connectivity index (χ2v) is 6.89. The summed E-state index contributed by atoms with van der Waals surface area (Å²) in [4.78, 5) is 23.5. The Bertz CT molecular complexity index is 326. The van der Waals surface area contributed by atoms with Crippen molar-refractivity contribution in [2.75, 3.05) is 7.11 Å². The molecule has 0 rings (SSSR count). The molecular formula is C15H29NO4. The number of rotatable bonds is 7. The number of methoxy groups -OCH3 is 1. The quantitative estimate of drug-likeness (QED) is 0.727. The lowest BCUT2D eigenvalue weighted by atomic mass is 9.92. The topological polar surface area (TPSA) is 78.6 Å². The number of esters is 2. The third-order valence-electron chi connectivity index (χ3n) is 2.74. The Balaban J connectivity index is 4.43. The molecule has 0 aromatic rings. The average Bonchev–Trinajstić information content (AvgIpc) is 2.22. The first kappa shape index (κ1) is 18.9. The summed E-state index contributed by atoms with van der Waals surface area (Å²) in [6.45, 7) is 9.28. The fourth-order valence-electron chi connectivity index (χ4n) is 1.86. The minimum absolute atomic E-state index is 0.0505. The summed E-state index contributed by atoms with van der Waals surface area (Å²) in [7, 11) is 1.33. The van der Waals surface area contributed by atoms with E-state index >= 15 is 0 Å². The van der Waals surface area contributed by atoms with Crippen LogP contribution in [-0.4, -0.2) is 30.2 Å². The van der Waals surface area contributed by atoms with Crippen molar-refractivity contribution in [3.63, 3.8) is 0 Å². The van der Waals surface area contributed by atoms with E-state index in [2.05, 4.69) is 0 Å². The zero-order valence-corrected chi connectivity index (χ0v) is 13.6. The van der Waals surface area contributed by atoms with Gasteiger partial charge in [-0.15, -0.1) is 0 Å². The van der Waals surface area contributed by atoms with Crippen LogP contribution in [0.15, 0.2) is 0 Å². The number of hydrogen-bond donors (Lipinski definition) is 1. The van der Waals surface area contributed by atoms with Crippen molar-refractivity contribution in [2.45, 2.75) is 71.4 Å². The highest BCUT2D eigenvalue weighted by Gasteiger charge is 2.26. The lowest BCUT2D eigenvalue weighted by Gasteiger charge is -2.22. The fraction of sp³-hybridized carbons (Fsp3) is 0.867. The summed E-state index contributed by atoms with van der Waals surface area (Å²) in [6, 6.07) is 0. The van der Waals surface area contributed by atoms with Crippen LogP contribution in [0.2, 0.25) is 0 Å². The molecule has 0 saturated heterocycles. The molecule has 0 bridgehead atoms. The minimum Gasteiger partial charge on any atom is -0.469 e. The van der Waals surface area contributed by atoms with Crippen molar-refractivity contribution in [1.29, 1.82) is 0 Å². The highest BCUT2D eigenvalue weighted by atomic mass is 16.6. The smallest absolute Gasteiger partial charge is 0.309 e. The van der Waals surface area contributed by atoms with E-state index in [-0.39, 0.29) is 23.9 Å². The zero-order valence-electron chi connectivity index (χ0n) is 13.6. The van der Waals surface area contributed by atoms with Crippen LogP contribution >= 0.6 is 0 Å². The predicted molar refractivity (Wildman–Crippen MR) is 78.1 cm³/mol. The van der Waals surface area contributed by atoms with Crippen LogP contribution in [0.25, 0.3) is 0 Å². The summed E-state index contributed by atoms with van der Waals surface area (Å²) >= 11 is 0. The molecule has 0 aromatic carbocycles. The van der Waals surface area contributed by atoms with E-state index in [1.807, 2.05) is 13.8 Å². The van der Waals surface area contributed by atoms with Gasteiger partial charge in [-0.25, -0.2) is 0 Å². The molecule has 0 radical (unpaired) electrons. The molecule has 0 fully saturated rings. The fourth-order valence-corrected chi connectivity index (χ4v) is 1.86. The molecule has 0 aliphatic rings. The maximum absolute atomic E-state index is 11.8. The SMILES string of the molecule is COC(=O)[C@H](CCCC(C)(C)N)CC(=O)OC(C)(C)C. The van der Waals surface area contributed by atoms with Gasteiger partial charge in [-0.3, -0.25) is 9.59 Å². The van der Waals surface area contributed by atoms with Gasteiger partial charge in [0.05, 0.1) is 19.4 Å². The van der Waals surface area contributed by atoms with Crippen LogP contribution < -0.4 is 5.73 Å². The van der Waals surface area contributed by atoms with E-state index in [9.17, 15) is 9.59 Å². The summed E-state index contributed by atoms with van der Waals surface area (Å²) in [5, 5.41) is 0. The van der Waals surface area contributed by atoms with Crippen LogP contribution in [0, 0.1) is 5.92 Å². The maximum Gasteiger partial charge on any atom is 0.309 e. The van der Waals surface area contributed by atoms with Gasteiger partial charge < -0.3 is 15.2 Å². The van der Waals surface area contributed by atoms with Gasteiger partial charge in [-0.05, 0) is 47.5 Å². The third kappa shape index (κ3) is 9.78. The molecule has 0 heterocycles. The van der Waals surface area contributed by atoms with Crippen molar-refractivity contribution in [2.24, 2.45) is 11.7 Å². The Hall–Kier alpha value is -1.10. The standard InChI is InChI=1S/C15H29NO4/c1-14(2,3)20-12(17)10-11(13(18)19-6)8-7-9-15(4,5)16/h11H,7-10,16H2,1-6H3/t11-/m1/s1. The summed E-state index contributed by atoms with van der Waals surface area (Å²) in [5.41, 5.74) is 5.09. The highest BCUT2D eigenvalue weighted by molar-refractivity contribution is 5.80. The first-order chi connectivity index (χ1) is 8.94. The van der Waals surface area contributed by atoms with Gasteiger partial charge in [0.15, 0.2) is 0 Å². The van der Waals surface area contributed by atoms with Crippen molar-refractivity contribution in [3.05, 3.63) is 0 Å². The van der Waals surface area contributed by atoms with Crippen LogP contribution in [0.4, 0.5) is 0 Å². The van der Waals surface area contributed by atoms with Gasteiger partial charge in [0, 0.05) is 5.54 Å². The molecule has 0 aliphatic heterocycles. The molecule has 0 amide bonds. The molecule has 2 N–H and O–H groups in total. The minimum atomic E-state index is -0.545. The summed E-state index contributed by atoms with van der Waals surface area (Å²) < 4.78 is 9.99. The van der Waals surface area contributed by atoms with Gasteiger partial charge in [-0.2, -0.15) is 0 Å². The average molecular weight is 287 g/mol. The number of nitrogens with two attached hydrogens (primary N) is 1. The van der Waals surface area contributed by atoms with Crippen molar-refractivity contribution in [1.82, 2.24) is 0 Å². The normalized spacial score (nSPS) is 13.8. The van der Waals surface area contributed by atoms with E-state index in [0.717, 1.165) is 12.8 Å². The van der Waals surface area contributed by atoms with Crippen molar-refractivity contribution >= 4 is 11.9 Å². The van der Waals surface area contributed by atoms with E-state index < -0.39 is 11.5 Å². The lowest BCUT2D eigenvalue weighted by molar-refractivity contribution is -0.160. The van der Waals surface area contributed by atoms with Crippen LogP contribution in [0.3, 0.4) is 0 Å². The van der Waals surface area contributed by atoms with Gasteiger partial charge in [-0.1, -0.05) is 6.42 Å². The molecule has 5 heteroatoms. The van der Waals surface area contributed by atoms with Crippen LogP contribution in [0.1, 0.15) is 60.3 Å². The zero-order chi connectivity index (χ0) is 16.0. The second-order valence-electron chi connectivity index (χ2n) is 6.89. The first-order valence-corrected chi connectivity index (χ1v) is 7.03. The second kappa shape index (κ2) is 7.62. The van der Waals surface area contributed by atoms with Gasteiger partial charge >= 0.3 is 11.9 Å². The molecule has 0 saturated carbocycles. The maximum atomic E-state index is 11.8. The molecule has 118 valence electrons. The Morgan fingerprint density at radius 2 is 1.70 bits per heavy atom. The highest BCUT2D eigenvalue weighted by Crippen LogP contribution is 2.20. The largest absolute Gasteiger partial charge is 0.469 e. The molecule has 0 spiro atoms. The van der Waals surface area contributed by atoms with Gasteiger partial charge in [0.25, 0.3) is 0 Å². The molecule has 20 heavy (non-hydrogen) atoms. The molecule has 5 nitrogen and oxygen atoms in total. The predicted octanol–water partition coefficient (Wildman–Crippen LogP) is 2.42. The summed E-state index contributed by atoms with van der Waals surface area (Å²) in [5.74, 6) is -1.21. The number of carbonyl (C=O) groups excluding carboxylic acids is 2. The lowest BCUT2D eigenvalue weighted by Crippen LogP contribution is -2.32. The molecule has 0 aliphatic carbocycles. The monoisotopic (exact) mass is 287 g/mol. The van der Waals surface area contributed by atoms with Crippen LogP contribution in [-0.2, 0) is 19.1 Å². The first-order valence-electron chi connectivity index (χ1n) is 7.03. The third-order valence-corrected chi connectivity index (χ3v) is 2.74. The van der Waals surface area contributed by atoms with Crippen molar-refractivity contribution in [3.8, 4) is 0 Å². The van der Waals surface area contributed by atoms with E-state index in [0.29, 0.717) is 6.42 Å². The number of carbonyl (C=O) groups is 2. The van der Waals surface area contributed by atoms with E-state index in [1.165, 1.54) is 7.11 Å². The molecular weight excluding hydrogens is 258 g/mol. The van der Waals surface area contributed by atoms with Crippen molar-refractivity contribution < 1.29 is 19.1 Å². The van der Waals surface area contributed by atoms with E-state index in [4.69, 9.17) is 15.2 Å². The number of hydrogen-bond acceptors (Lipinski definition) is 5. The Morgan fingerprint density at radius 1 is 1.15 bits per heavy atom. The Labute approximate surface area is 122 Å². The van der Waals surface area contributed by atoms with Gasteiger partial charge in [0.1, 0.15) is 5.60 Å². The molecule has 1 atom stereocenters.